The molecule has 0 atom stereocenters. The summed E-state index contributed by atoms with van der Waals surface area (Å²) in [6.07, 6.45) is 8.04. The fraction of sp³-hybridized carbons (Fsp3) is 0.800. The molecule has 0 spiro atoms. The molecule has 2 heterocycles. The average molecular weight is 349 g/mol. The second-order valence-corrected chi connectivity index (χ2v) is 9.04. The van der Waals surface area contributed by atoms with Gasteiger partial charge in [0.05, 0.1) is 6.20 Å². The van der Waals surface area contributed by atoms with Crippen molar-refractivity contribution in [1.29, 1.82) is 0 Å². The van der Waals surface area contributed by atoms with E-state index in [4.69, 9.17) is 0 Å². The quantitative estimate of drug-likeness (QED) is 0.786. The molecule has 5 nitrogen and oxygen atoms in total. The lowest BCUT2D eigenvalue weighted by molar-refractivity contribution is -0.123. The third-order valence-corrected chi connectivity index (χ3v) is 4.99. The first-order valence-electron chi connectivity index (χ1n) is 9.70. The van der Waals surface area contributed by atoms with Gasteiger partial charge in [-0.3, -0.25) is 9.48 Å². The number of hydrogen-bond acceptors (Lipinski definition) is 3. The monoisotopic (exact) mass is 348 g/mol. The number of nitrogens with zero attached hydrogens (tertiary/aromatic N) is 3. The minimum Gasteiger partial charge on any atom is -0.356 e. The fourth-order valence-electron chi connectivity index (χ4n) is 3.59. The largest absolute Gasteiger partial charge is 0.356 e. The molecule has 0 bridgehead atoms. The van der Waals surface area contributed by atoms with E-state index >= 15 is 0 Å². The van der Waals surface area contributed by atoms with Gasteiger partial charge in [-0.1, -0.05) is 27.7 Å². The molecular weight excluding hydrogens is 312 g/mol. The molecule has 0 unspecified atom stereocenters. The van der Waals surface area contributed by atoms with Gasteiger partial charge in [-0.15, -0.1) is 0 Å². The van der Waals surface area contributed by atoms with E-state index in [-0.39, 0.29) is 11.3 Å². The molecule has 1 aromatic rings. The molecule has 25 heavy (non-hydrogen) atoms. The summed E-state index contributed by atoms with van der Waals surface area (Å²) in [6.45, 7) is 12.6. The number of likely N-dealkylation sites (tertiary alicyclic amines) is 1. The van der Waals surface area contributed by atoms with Crippen LogP contribution in [0.25, 0.3) is 0 Å². The average Bonchev–Trinajstić information content (AvgIpc) is 2.91. The first-order valence-corrected chi connectivity index (χ1v) is 9.70. The van der Waals surface area contributed by atoms with Crippen LogP contribution in [0.1, 0.15) is 52.5 Å². The smallest absolute Gasteiger partial charge is 0.220 e. The highest BCUT2D eigenvalue weighted by Gasteiger charge is 2.24. The van der Waals surface area contributed by atoms with Gasteiger partial charge in [0.25, 0.3) is 0 Å². The van der Waals surface area contributed by atoms with E-state index in [2.05, 4.69) is 56.3 Å². The number of amides is 1. The van der Waals surface area contributed by atoms with Gasteiger partial charge in [0.15, 0.2) is 0 Å². The van der Waals surface area contributed by atoms with Crippen LogP contribution in [-0.2, 0) is 17.8 Å². The van der Waals surface area contributed by atoms with Crippen LogP contribution in [-0.4, -0.2) is 47.3 Å². The molecule has 142 valence electrons. The normalized spacial score (nSPS) is 17.2. The van der Waals surface area contributed by atoms with Crippen LogP contribution in [0.4, 0.5) is 0 Å². The van der Waals surface area contributed by atoms with Crippen molar-refractivity contribution in [3.8, 4) is 0 Å². The summed E-state index contributed by atoms with van der Waals surface area (Å²) >= 11 is 0. The Bertz CT molecular complexity index is 542. The Morgan fingerprint density at radius 1 is 1.36 bits per heavy atom. The molecule has 1 amide bonds. The Kier molecular flexibility index (Phi) is 7.05. The van der Waals surface area contributed by atoms with E-state index in [1.165, 1.54) is 18.4 Å². The van der Waals surface area contributed by atoms with Gasteiger partial charge in [-0.2, -0.15) is 5.10 Å². The van der Waals surface area contributed by atoms with Crippen LogP contribution >= 0.6 is 0 Å². The lowest BCUT2D eigenvalue weighted by atomic mass is 9.88. The predicted molar refractivity (Wildman–Crippen MR) is 102 cm³/mol. The van der Waals surface area contributed by atoms with Crippen LogP contribution in [0.5, 0.6) is 0 Å². The highest BCUT2D eigenvalue weighted by atomic mass is 16.1. The maximum atomic E-state index is 12.4. The van der Waals surface area contributed by atoms with E-state index in [0.717, 1.165) is 32.6 Å². The molecule has 2 rings (SSSR count). The van der Waals surface area contributed by atoms with Crippen molar-refractivity contribution >= 4 is 5.91 Å². The molecular formula is C20H36N4O. The Morgan fingerprint density at radius 2 is 2.04 bits per heavy atom. The molecule has 1 fully saturated rings. The second-order valence-electron chi connectivity index (χ2n) is 9.04. The summed E-state index contributed by atoms with van der Waals surface area (Å²) in [4.78, 5) is 14.7. The van der Waals surface area contributed by atoms with Gasteiger partial charge in [-0.05, 0) is 62.2 Å². The summed E-state index contributed by atoms with van der Waals surface area (Å²) in [5.74, 6) is 1.43. The number of aromatic nitrogens is 2. The molecule has 1 saturated heterocycles. The number of carbonyl (C=O) groups excluding carboxylic acids is 1. The van der Waals surface area contributed by atoms with Crippen molar-refractivity contribution in [3.63, 3.8) is 0 Å². The lowest BCUT2D eigenvalue weighted by Crippen LogP contribution is -2.38. The zero-order valence-corrected chi connectivity index (χ0v) is 16.7. The maximum Gasteiger partial charge on any atom is 0.220 e. The predicted octanol–water partition coefficient (Wildman–Crippen LogP) is 2.96. The minimum atomic E-state index is -0.0992. The van der Waals surface area contributed by atoms with Crippen molar-refractivity contribution in [1.82, 2.24) is 20.0 Å². The van der Waals surface area contributed by atoms with Crippen molar-refractivity contribution < 1.29 is 4.79 Å². The van der Waals surface area contributed by atoms with Gasteiger partial charge in [0.1, 0.15) is 0 Å². The molecule has 1 aliphatic rings. The van der Waals surface area contributed by atoms with E-state index in [0.29, 0.717) is 18.3 Å². The van der Waals surface area contributed by atoms with Gasteiger partial charge < -0.3 is 10.2 Å². The first-order chi connectivity index (χ1) is 11.7. The molecule has 1 aliphatic heterocycles. The van der Waals surface area contributed by atoms with Crippen LogP contribution in [0, 0.1) is 17.3 Å². The number of hydrogen-bond donors (Lipinski definition) is 1. The first kappa shape index (κ1) is 20.0. The molecule has 0 radical (unpaired) electrons. The van der Waals surface area contributed by atoms with Crippen LogP contribution < -0.4 is 5.32 Å². The Hall–Kier alpha value is -1.36. The minimum absolute atomic E-state index is 0.0992. The highest BCUT2D eigenvalue weighted by molar-refractivity contribution is 5.76. The van der Waals surface area contributed by atoms with Crippen LogP contribution in [0.2, 0.25) is 0 Å². The summed E-state index contributed by atoms with van der Waals surface area (Å²) in [6, 6.07) is 0. The zero-order chi connectivity index (χ0) is 18.4. The van der Waals surface area contributed by atoms with E-state index in [1.54, 1.807) is 0 Å². The van der Waals surface area contributed by atoms with Crippen LogP contribution in [0.15, 0.2) is 12.4 Å². The third-order valence-electron chi connectivity index (χ3n) is 4.99. The Morgan fingerprint density at radius 3 is 2.68 bits per heavy atom. The number of carbonyl (C=O) groups is 1. The maximum absolute atomic E-state index is 12.4. The summed E-state index contributed by atoms with van der Waals surface area (Å²) < 4.78 is 1.99. The van der Waals surface area contributed by atoms with Gasteiger partial charge in [-0.25, -0.2) is 0 Å². The molecule has 0 saturated carbocycles. The number of nitrogens with one attached hydrogen (secondary N) is 1. The van der Waals surface area contributed by atoms with E-state index in [9.17, 15) is 4.79 Å². The SMILES string of the molecule is CC(C)Cc1cnn(CC(C)(C)CC(=O)NCC2CCN(C)CC2)c1. The molecule has 1 aromatic heterocycles. The van der Waals surface area contributed by atoms with Crippen molar-refractivity contribution in [2.45, 2.75) is 59.9 Å². The third kappa shape index (κ3) is 7.18. The van der Waals surface area contributed by atoms with E-state index < -0.39 is 0 Å². The van der Waals surface area contributed by atoms with E-state index in [1.807, 2.05) is 10.9 Å². The molecule has 0 aromatic carbocycles. The lowest BCUT2D eigenvalue weighted by Gasteiger charge is -2.29. The second kappa shape index (κ2) is 8.84. The van der Waals surface area contributed by atoms with Crippen molar-refractivity contribution in [3.05, 3.63) is 18.0 Å². The summed E-state index contributed by atoms with van der Waals surface area (Å²) in [5.41, 5.74) is 1.18. The standard InChI is InChI=1S/C20H36N4O/c1-16(2)10-18-13-22-24(14-18)15-20(3,4)11-19(25)21-12-17-6-8-23(5)9-7-17/h13-14,16-17H,6-12,15H2,1-5H3,(H,21,25). The summed E-state index contributed by atoms with van der Waals surface area (Å²) in [5, 5.41) is 7.62. The fourth-order valence-corrected chi connectivity index (χ4v) is 3.59. The molecule has 1 N–H and O–H groups in total. The van der Waals surface area contributed by atoms with Crippen molar-refractivity contribution in [2.24, 2.45) is 17.3 Å². The van der Waals surface area contributed by atoms with Gasteiger partial charge >= 0.3 is 0 Å². The van der Waals surface area contributed by atoms with Crippen molar-refractivity contribution in [2.75, 3.05) is 26.7 Å². The van der Waals surface area contributed by atoms with Crippen LogP contribution in [0.3, 0.4) is 0 Å². The highest BCUT2D eigenvalue weighted by Crippen LogP contribution is 2.23. The van der Waals surface area contributed by atoms with Gasteiger partial charge in [0, 0.05) is 25.7 Å². The topological polar surface area (TPSA) is 50.2 Å². The number of piperidine rings is 1. The number of rotatable bonds is 8. The zero-order valence-electron chi connectivity index (χ0n) is 16.7. The summed E-state index contributed by atoms with van der Waals surface area (Å²) in [7, 11) is 2.17. The van der Waals surface area contributed by atoms with Gasteiger partial charge in [0.2, 0.25) is 5.91 Å². The molecule has 0 aliphatic carbocycles. The Balaban J connectivity index is 1.75. The molecule has 5 heteroatoms. The Labute approximate surface area is 153 Å².